The van der Waals surface area contributed by atoms with Crippen LogP contribution in [0.4, 0.5) is 0 Å². The molecule has 0 unspecified atom stereocenters. The van der Waals surface area contributed by atoms with E-state index in [4.69, 9.17) is 9.15 Å². The van der Waals surface area contributed by atoms with Crippen molar-refractivity contribution < 1.29 is 9.15 Å². The number of benzene rings is 3. The smallest absolute Gasteiger partial charge is 0.362 e. The van der Waals surface area contributed by atoms with Crippen LogP contribution in [0.3, 0.4) is 0 Å². The van der Waals surface area contributed by atoms with Crippen molar-refractivity contribution in [3.63, 3.8) is 0 Å². The summed E-state index contributed by atoms with van der Waals surface area (Å²) in [5.74, 6) is 2.43. The number of methoxy groups -OCH3 is 1. The van der Waals surface area contributed by atoms with Crippen molar-refractivity contribution >= 4 is 31.9 Å². The van der Waals surface area contributed by atoms with E-state index in [1.165, 1.54) is 0 Å². The van der Waals surface area contributed by atoms with E-state index in [2.05, 4.69) is 56.1 Å². The van der Waals surface area contributed by atoms with Gasteiger partial charge >= 0.3 is 11.5 Å². The van der Waals surface area contributed by atoms with Gasteiger partial charge < -0.3 is 4.74 Å². The molecular weight excluding hydrogens is 480 g/mol. The lowest BCUT2D eigenvalue weighted by molar-refractivity contribution is 0.415. The Morgan fingerprint density at radius 3 is 1.61 bits per heavy atom. The highest BCUT2D eigenvalue weighted by Crippen LogP contribution is 2.37. The molecule has 1 heterocycles. The molecule has 0 spiro atoms. The quantitative estimate of drug-likeness (QED) is 0.266. The van der Waals surface area contributed by atoms with E-state index >= 15 is 0 Å². The second kappa shape index (κ2) is 8.29. The summed E-state index contributed by atoms with van der Waals surface area (Å²) >= 11 is 7.28. The maximum absolute atomic E-state index is 6.33. The van der Waals surface area contributed by atoms with Crippen LogP contribution in [0.1, 0.15) is 0 Å². The summed E-state index contributed by atoms with van der Waals surface area (Å²) in [6.45, 7) is 0. The monoisotopic (exact) mass is 495 g/mol. The molecule has 28 heavy (non-hydrogen) atoms. The molecule has 3 aromatic carbocycles. The maximum atomic E-state index is 6.33. The summed E-state index contributed by atoms with van der Waals surface area (Å²) in [6, 6.07) is 28.3. The second-order valence-corrected chi connectivity index (χ2v) is 7.97. The average Bonchev–Trinajstić information content (AvgIpc) is 2.74. The molecule has 0 saturated heterocycles. The molecule has 4 heteroatoms. The molecule has 0 radical (unpaired) electrons. The van der Waals surface area contributed by atoms with Gasteiger partial charge in [-0.05, 0) is 73.8 Å². The van der Waals surface area contributed by atoms with E-state index in [9.17, 15) is 0 Å². The van der Waals surface area contributed by atoms with Gasteiger partial charge in [0.25, 0.3) is 0 Å². The van der Waals surface area contributed by atoms with Crippen molar-refractivity contribution in [2.45, 2.75) is 0 Å². The highest BCUT2D eigenvalue weighted by atomic mass is 79.9. The molecule has 0 aliphatic heterocycles. The summed E-state index contributed by atoms with van der Waals surface area (Å²) in [7, 11) is 1.67. The Morgan fingerprint density at radius 2 is 1.14 bits per heavy atom. The lowest BCUT2D eigenvalue weighted by Crippen LogP contribution is -1.88. The predicted molar refractivity (Wildman–Crippen MR) is 121 cm³/mol. The first kappa shape index (κ1) is 18.9. The lowest BCUT2D eigenvalue weighted by atomic mass is 10.0. The first-order chi connectivity index (χ1) is 13.7. The normalized spacial score (nSPS) is 10.7. The molecule has 0 N–H and O–H groups in total. The molecule has 4 aromatic rings. The Kier molecular flexibility index (Phi) is 5.60. The molecule has 0 aliphatic rings. The third kappa shape index (κ3) is 3.89. The van der Waals surface area contributed by atoms with Gasteiger partial charge in [-0.1, -0.05) is 36.4 Å². The van der Waals surface area contributed by atoms with Crippen molar-refractivity contribution in [1.82, 2.24) is 0 Å². The van der Waals surface area contributed by atoms with Gasteiger partial charge in [-0.25, -0.2) is 4.42 Å². The molecule has 0 atom stereocenters. The minimum atomic E-state index is 0.798. The van der Waals surface area contributed by atoms with Gasteiger partial charge in [0.2, 0.25) is 0 Å². The number of rotatable bonds is 4. The molecule has 0 amide bonds. The van der Waals surface area contributed by atoms with Crippen molar-refractivity contribution in [2.24, 2.45) is 0 Å². The van der Waals surface area contributed by atoms with Crippen LogP contribution in [0.25, 0.3) is 33.8 Å². The summed E-state index contributed by atoms with van der Waals surface area (Å²) in [4.78, 5) is 0. The van der Waals surface area contributed by atoms with E-state index in [-0.39, 0.29) is 0 Å². The second-order valence-electron chi connectivity index (χ2n) is 6.26. The molecular formula is C24H17Br2O2+. The molecule has 2 nitrogen and oxygen atoms in total. The molecule has 0 bridgehead atoms. The third-order valence-corrected chi connectivity index (χ3v) is 5.88. The molecule has 0 fully saturated rings. The van der Waals surface area contributed by atoms with Crippen LogP contribution in [0.2, 0.25) is 0 Å². The third-order valence-electron chi connectivity index (χ3n) is 4.50. The van der Waals surface area contributed by atoms with Crippen LogP contribution in [0, 0.1) is 0 Å². The van der Waals surface area contributed by atoms with Gasteiger partial charge in [0.15, 0.2) is 0 Å². The fourth-order valence-corrected chi connectivity index (χ4v) is 4.00. The Bertz CT molecular complexity index is 1060. The number of ether oxygens (including phenoxy) is 1. The van der Waals surface area contributed by atoms with Crippen LogP contribution in [0.5, 0.6) is 5.75 Å². The predicted octanol–water partition coefficient (Wildman–Crippen LogP) is 8.10. The molecule has 138 valence electrons. The van der Waals surface area contributed by atoms with Crippen LogP contribution < -0.4 is 4.74 Å². The summed E-state index contributed by atoms with van der Waals surface area (Å²) in [6.07, 6.45) is 0. The van der Waals surface area contributed by atoms with E-state index in [0.29, 0.717) is 0 Å². The van der Waals surface area contributed by atoms with Crippen LogP contribution in [0.15, 0.2) is 98.3 Å². The number of hydrogen-bond donors (Lipinski definition) is 0. The summed E-state index contributed by atoms with van der Waals surface area (Å²) in [5, 5.41) is 0. The number of halogens is 2. The van der Waals surface area contributed by atoms with E-state index < -0.39 is 0 Å². The summed E-state index contributed by atoms with van der Waals surface area (Å²) in [5.41, 5.74) is 4.18. The van der Waals surface area contributed by atoms with Crippen LogP contribution in [-0.4, -0.2) is 7.11 Å². The first-order valence-corrected chi connectivity index (χ1v) is 10.4. The topological polar surface area (TPSA) is 20.5 Å². The maximum Gasteiger partial charge on any atom is 0.362 e. The van der Waals surface area contributed by atoms with Gasteiger partial charge in [-0.3, -0.25) is 0 Å². The fraction of sp³-hybridized carbons (Fsp3) is 0.0417. The van der Waals surface area contributed by atoms with Crippen molar-refractivity contribution in [3.05, 3.63) is 93.9 Å². The van der Waals surface area contributed by atoms with E-state index in [0.717, 1.165) is 48.5 Å². The van der Waals surface area contributed by atoms with E-state index in [1.807, 2.05) is 60.7 Å². The molecule has 0 saturated carbocycles. The van der Waals surface area contributed by atoms with Crippen molar-refractivity contribution in [1.29, 1.82) is 0 Å². The van der Waals surface area contributed by atoms with Gasteiger partial charge in [0, 0.05) is 14.5 Å². The zero-order valence-electron chi connectivity index (χ0n) is 15.2. The minimum Gasteiger partial charge on any atom is -0.497 e. The van der Waals surface area contributed by atoms with Crippen LogP contribution >= 0.6 is 31.9 Å². The highest BCUT2D eigenvalue weighted by molar-refractivity contribution is 9.11. The van der Waals surface area contributed by atoms with Gasteiger partial charge in [0.05, 0.1) is 30.4 Å². The van der Waals surface area contributed by atoms with Gasteiger partial charge in [-0.2, -0.15) is 0 Å². The Balaban J connectivity index is 1.93. The zero-order chi connectivity index (χ0) is 19.5. The average molecular weight is 497 g/mol. The summed E-state index contributed by atoms with van der Waals surface area (Å²) < 4.78 is 13.6. The standard InChI is InChI=1S/C24H17Br2O2/c1-27-18-12-10-16(11-13-18)17-14-23(19-6-2-4-8-21(19)25)28-24(15-17)20-7-3-5-9-22(20)26/h2-15H,1H3/q+1. The van der Waals surface area contributed by atoms with Gasteiger partial charge in [-0.15, -0.1) is 0 Å². The highest BCUT2D eigenvalue weighted by Gasteiger charge is 2.23. The first-order valence-electron chi connectivity index (χ1n) is 8.78. The SMILES string of the molecule is COc1ccc(-c2cc(-c3ccccc3Br)[o+]c(-c3ccccc3Br)c2)cc1. The van der Waals surface area contributed by atoms with Crippen LogP contribution in [-0.2, 0) is 0 Å². The Hall–Kier alpha value is -2.43. The van der Waals surface area contributed by atoms with Crippen molar-refractivity contribution in [2.75, 3.05) is 7.11 Å². The largest absolute Gasteiger partial charge is 0.497 e. The zero-order valence-corrected chi connectivity index (χ0v) is 18.3. The molecule has 0 aliphatic carbocycles. The molecule has 1 aromatic heterocycles. The molecule has 4 rings (SSSR count). The van der Waals surface area contributed by atoms with Gasteiger partial charge in [0.1, 0.15) is 5.75 Å². The number of hydrogen-bond acceptors (Lipinski definition) is 1. The fourth-order valence-electron chi connectivity index (χ4n) is 3.04. The lowest BCUT2D eigenvalue weighted by Gasteiger charge is -2.05. The minimum absolute atomic E-state index is 0.798. The van der Waals surface area contributed by atoms with Crippen molar-refractivity contribution in [3.8, 4) is 39.5 Å². The Labute approximate surface area is 181 Å². The Morgan fingerprint density at radius 1 is 0.643 bits per heavy atom. The van der Waals surface area contributed by atoms with E-state index in [1.54, 1.807) is 7.11 Å².